The van der Waals surface area contributed by atoms with E-state index < -0.39 is 5.97 Å². The number of fused-ring (bicyclic) bond motifs is 8. The second-order valence-corrected chi connectivity index (χ2v) is 13.7. The van der Waals surface area contributed by atoms with Crippen LogP contribution in [0, 0.1) is 0 Å². The Balaban J connectivity index is 1.79. The van der Waals surface area contributed by atoms with E-state index in [0.29, 0.717) is 128 Å². The van der Waals surface area contributed by atoms with Crippen LogP contribution in [0.5, 0.6) is 23.0 Å². The van der Waals surface area contributed by atoms with Crippen LogP contribution in [0.25, 0.3) is 0 Å². The van der Waals surface area contributed by atoms with Gasteiger partial charge < -0.3 is 47.7 Å². The fourth-order valence-electron chi connectivity index (χ4n) is 7.22. The van der Waals surface area contributed by atoms with Gasteiger partial charge in [0.15, 0.2) is 0 Å². The van der Waals surface area contributed by atoms with Gasteiger partial charge in [-0.25, -0.2) is 4.79 Å². The lowest BCUT2D eigenvalue weighted by Gasteiger charge is -2.23. The van der Waals surface area contributed by atoms with Crippen LogP contribution in [-0.2, 0) is 56.0 Å². The molecular weight excluding hydrogens is 741 g/mol. The fraction of sp³-hybridized carbons (Fsp3) is 0.468. The van der Waals surface area contributed by atoms with Crippen LogP contribution in [0.2, 0.25) is 0 Å². The molecule has 314 valence electrons. The molecular formula is C47H60O11. The van der Waals surface area contributed by atoms with E-state index in [1.165, 1.54) is 7.11 Å². The number of aliphatic hydroxyl groups is 1. The molecule has 5 rings (SSSR count). The Hall–Kier alpha value is -4.65. The first kappa shape index (κ1) is 44.5. The minimum atomic E-state index is -0.448. The minimum Gasteiger partial charge on any atom is -0.491 e. The molecule has 0 unspecified atom stereocenters. The summed E-state index contributed by atoms with van der Waals surface area (Å²) in [5, 5.41) is 10.6. The number of esters is 1. The molecule has 0 fully saturated rings. The van der Waals surface area contributed by atoms with Crippen LogP contribution < -0.4 is 18.9 Å². The molecule has 0 radical (unpaired) electrons. The van der Waals surface area contributed by atoms with Crippen molar-refractivity contribution in [1.82, 2.24) is 0 Å². The van der Waals surface area contributed by atoms with Gasteiger partial charge in [-0.05, 0) is 102 Å². The fourth-order valence-corrected chi connectivity index (χ4v) is 7.22. The van der Waals surface area contributed by atoms with Gasteiger partial charge in [0.1, 0.15) is 49.4 Å². The Kier molecular flexibility index (Phi) is 18.1. The molecule has 0 aliphatic heterocycles. The second kappa shape index (κ2) is 23.7. The lowest BCUT2D eigenvalue weighted by Crippen LogP contribution is -2.14. The van der Waals surface area contributed by atoms with Crippen LogP contribution in [0.4, 0.5) is 0 Å². The number of benzene rings is 4. The highest BCUT2D eigenvalue weighted by molar-refractivity contribution is 5.90. The molecule has 0 atom stereocenters. The van der Waals surface area contributed by atoms with Gasteiger partial charge in [-0.2, -0.15) is 0 Å². The molecule has 11 nitrogen and oxygen atoms in total. The molecule has 4 aromatic carbocycles. The molecule has 4 aromatic rings. The van der Waals surface area contributed by atoms with Gasteiger partial charge in [0.05, 0.1) is 45.7 Å². The maximum atomic E-state index is 13.3. The van der Waals surface area contributed by atoms with Crippen molar-refractivity contribution in [3.8, 4) is 23.0 Å². The molecule has 0 amide bonds. The summed E-state index contributed by atoms with van der Waals surface area (Å²) in [5.74, 6) is 2.38. The summed E-state index contributed by atoms with van der Waals surface area (Å²) >= 11 is 0. The molecule has 0 saturated carbocycles. The molecule has 11 heteroatoms. The monoisotopic (exact) mass is 800 g/mol. The highest BCUT2D eigenvalue weighted by Crippen LogP contribution is 2.40. The summed E-state index contributed by atoms with van der Waals surface area (Å²) in [5.41, 5.74) is 8.27. The van der Waals surface area contributed by atoms with Gasteiger partial charge in [0.2, 0.25) is 0 Å². The maximum Gasteiger partial charge on any atom is 0.337 e. The third-order valence-corrected chi connectivity index (χ3v) is 9.74. The topological polar surface area (TPSA) is 120 Å². The summed E-state index contributed by atoms with van der Waals surface area (Å²) in [6.07, 6.45) is 1.67. The molecule has 1 aliphatic rings. The zero-order valence-electron chi connectivity index (χ0n) is 34.8. The van der Waals surface area contributed by atoms with Crippen molar-refractivity contribution in [2.75, 3.05) is 86.4 Å². The predicted molar refractivity (Wildman–Crippen MR) is 222 cm³/mol. The van der Waals surface area contributed by atoms with Crippen molar-refractivity contribution in [3.63, 3.8) is 0 Å². The van der Waals surface area contributed by atoms with Crippen molar-refractivity contribution in [2.24, 2.45) is 0 Å². The molecule has 0 heterocycles. The van der Waals surface area contributed by atoms with Crippen molar-refractivity contribution in [2.45, 2.75) is 60.0 Å². The van der Waals surface area contributed by atoms with Crippen LogP contribution in [0.3, 0.4) is 0 Å². The zero-order chi connectivity index (χ0) is 41.1. The number of methoxy groups -OCH3 is 1. The third-order valence-electron chi connectivity index (χ3n) is 9.74. The Labute approximate surface area is 343 Å². The maximum absolute atomic E-state index is 13.3. The number of ether oxygens (including phenoxy) is 9. The number of para-hydroxylation sites is 2. The average Bonchev–Trinajstić information content (AvgIpc) is 3.23. The lowest BCUT2D eigenvalue weighted by atomic mass is 9.89. The minimum absolute atomic E-state index is 0.141. The largest absolute Gasteiger partial charge is 0.491 e. The number of hydrogen-bond donors (Lipinski definition) is 1. The second-order valence-electron chi connectivity index (χ2n) is 13.7. The third kappa shape index (κ3) is 12.2. The first-order valence-electron chi connectivity index (χ1n) is 20.5. The number of aliphatic hydroxyl groups excluding tert-OH is 1. The van der Waals surface area contributed by atoms with E-state index in [1.807, 2.05) is 76.2 Å². The first-order chi connectivity index (χ1) is 28.4. The van der Waals surface area contributed by atoms with Gasteiger partial charge in [0, 0.05) is 52.1 Å². The molecule has 8 bridgehead atoms. The molecule has 1 aliphatic carbocycles. The Morgan fingerprint density at radius 3 is 1.09 bits per heavy atom. The smallest absolute Gasteiger partial charge is 0.337 e. The molecule has 1 N–H and O–H groups in total. The lowest BCUT2D eigenvalue weighted by molar-refractivity contribution is 0.0600. The zero-order valence-corrected chi connectivity index (χ0v) is 34.8. The van der Waals surface area contributed by atoms with Crippen molar-refractivity contribution in [1.29, 1.82) is 0 Å². The Morgan fingerprint density at radius 2 is 0.793 bits per heavy atom. The van der Waals surface area contributed by atoms with E-state index >= 15 is 0 Å². The van der Waals surface area contributed by atoms with Gasteiger partial charge in [-0.15, -0.1) is 0 Å². The van der Waals surface area contributed by atoms with E-state index in [2.05, 4.69) is 12.1 Å². The summed E-state index contributed by atoms with van der Waals surface area (Å²) < 4.78 is 54.5. The van der Waals surface area contributed by atoms with Gasteiger partial charge in [0.25, 0.3) is 0 Å². The summed E-state index contributed by atoms with van der Waals surface area (Å²) in [6.45, 7) is 13.0. The van der Waals surface area contributed by atoms with Crippen molar-refractivity contribution >= 4 is 5.97 Å². The Bertz CT molecular complexity index is 1800. The molecule has 0 saturated heterocycles. The number of carbonyl (C=O) groups excluding carboxylic acids is 1. The standard InChI is InChI=1S/C47H60O11/c1-6-51-16-20-55-43-34-12-10-14-36(43)28-40-30-42(47(49)50-5)31-41(46(40)58-23-19-54-9-4)29-37-15-11-13-35(44(37)56-21-17-52-7-2)27-39-25-33(32-48)24-38(26-34)45(39)57-22-18-53-8-3/h10-15,24-25,30-31,48H,6-9,16-23,26-29,32H2,1-5H3. The Morgan fingerprint density at radius 1 is 0.483 bits per heavy atom. The molecule has 0 spiro atoms. The summed E-state index contributed by atoms with van der Waals surface area (Å²) in [6, 6.07) is 19.9. The normalized spacial score (nSPS) is 12.2. The van der Waals surface area contributed by atoms with Gasteiger partial charge in [-0.1, -0.05) is 36.4 Å². The van der Waals surface area contributed by atoms with Gasteiger partial charge in [-0.3, -0.25) is 0 Å². The number of carbonyl (C=O) groups is 1. The quantitative estimate of drug-likeness (QED) is 0.0561. The van der Waals surface area contributed by atoms with E-state index in [0.717, 1.165) is 55.8 Å². The van der Waals surface area contributed by atoms with E-state index in [9.17, 15) is 9.90 Å². The first-order valence-corrected chi connectivity index (χ1v) is 20.5. The summed E-state index contributed by atoms with van der Waals surface area (Å²) in [7, 11) is 1.39. The average molecular weight is 801 g/mol. The van der Waals surface area contributed by atoms with E-state index in [4.69, 9.17) is 42.6 Å². The van der Waals surface area contributed by atoms with Gasteiger partial charge >= 0.3 is 5.97 Å². The van der Waals surface area contributed by atoms with Crippen LogP contribution >= 0.6 is 0 Å². The molecule has 58 heavy (non-hydrogen) atoms. The molecule has 0 aromatic heterocycles. The van der Waals surface area contributed by atoms with E-state index in [-0.39, 0.29) is 6.61 Å². The predicted octanol–water partition coefficient (Wildman–Crippen LogP) is 7.30. The van der Waals surface area contributed by atoms with E-state index in [1.54, 1.807) is 0 Å². The van der Waals surface area contributed by atoms with Crippen LogP contribution in [0.15, 0.2) is 60.7 Å². The number of hydrogen-bond acceptors (Lipinski definition) is 11. The van der Waals surface area contributed by atoms with Crippen LogP contribution in [0.1, 0.15) is 88.1 Å². The highest BCUT2D eigenvalue weighted by Gasteiger charge is 2.24. The highest BCUT2D eigenvalue weighted by atomic mass is 16.5. The number of rotatable bonds is 22. The van der Waals surface area contributed by atoms with Crippen molar-refractivity contribution < 1.29 is 52.5 Å². The summed E-state index contributed by atoms with van der Waals surface area (Å²) in [4.78, 5) is 13.3. The van der Waals surface area contributed by atoms with Crippen molar-refractivity contribution in [3.05, 3.63) is 116 Å². The van der Waals surface area contributed by atoms with Crippen LogP contribution in [-0.4, -0.2) is 97.5 Å². The SMILES string of the molecule is CCOCCOc1c2cccc1Cc1cc(C(=O)OC)cc(c1OCCOCC)Cc1cccc(c1OCCOCC)Cc1cc(CO)cc(c1OCCOCC)C2.